The van der Waals surface area contributed by atoms with Crippen LogP contribution in [-0.2, 0) is 0 Å². The maximum Gasteiger partial charge on any atom is 0.881 e. The molecule has 0 N–H and O–H groups in total. The highest BCUT2D eigenvalue weighted by Crippen LogP contribution is 2.34. The number of para-hydroxylation sites is 3. The molecule has 6 aromatic rings. The van der Waals surface area contributed by atoms with E-state index in [0.717, 1.165) is 33.2 Å². The Balaban J connectivity index is 1.26. The molecule has 0 atom stereocenters. The molecular weight excluding hydrogens is 437 g/mol. The van der Waals surface area contributed by atoms with Gasteiger partial charge in [0, 0.05) is 5.39 Å². The first-order valence-corrected chi connectivity index (χ1v) is 12.0. The average molecular weight is 456 g/mol. The van der Waals surface area contributed by atoms with Crippen molar-refractivity contribution in [2.75, 3.05) is 0 Å². The number of fused-ring (bicyclic) bond motifs is 2. The second-order valence-electron chi connectivity index (χ2n) is 7.84. The Morgan fingerprint density at radius 1 is 0.559 bits per heavy atom. The third-order valence-corrected chi connectivity index (χ3v) is 6.43. The fourth-order valence-corrected chi connectivity index (χ4v) is 4.78. The van der Waals surface area contributed by atoms with Crippen molar-refractivity contribution in [2.24, 2.45) is 0 Å². The minimum atomic E-state index is -0.799. The van der Waals surface area contributed by atoms with Gasteiger partial charge in [-0.25, -0.2) is 4.98 Å². The summed E-state index contributed by atoms with van der Waals surface area (Å²) in [5, 5.41) is 2.21. The predicted octanol–water partition coefficient (Wildman–Crippen LogP) is 7.31. The minimum Gasteiger partial charge on any atom is -0.615 e. The van der Waals surface area contributed by atoms with Crippen LogP contribution < -0.4 is 7.58 Å². The van der Waals surface area contributed by atoms with Gasteiger partial charge in [0.05, 0.1) is 17.1 Å². The molecule has 0 aliphatic rings. The van der Waals surface area contributed by atoms with E-state index in [-0.39, 0.29) is 0 Å². The standard InChI is InChI=1S/C16H12O.C13H9NO2.Al/c17-16-11-5-9-14-13(8-4-10-15(14)16)12-6-2-1-3-7-12;15-11-7-3-1-5-9(11)13-14-10-6-2-4-8-12(10)16-13;/h1-11,17H;1-8,15H;/q;;+2/p-2. The molecule has 161 valence electrons. The second kappa shape index (κ2) is 9.07. The topological polar surface area (TPSA) is 44.5 Å². The Bertz CT molecular complexity index is 1560. The Morgan fingerprint density at radius 2 is 1.24 bits per heavy atom. The molecule has 0 spiro atoms. The van der Waals surface area contributed by atoms with Crippen LogP contribution in [-0.4, -0.2) is 20.9 Å². The van der Waals surface area contributed by atoms with Gasteiger partial charge in [0.1, 0.15) is 5.52 Å². The van der Waals surface area contributed by atoms with Crippen molar-refractivity contribution in [2.45, 2.75) is 0 Å². The van der Waals surface area contributed by atoms with Gasteiger partial charge >= 0.3 is 15.9 Å². The van der Waals surface area contributed by atoms with E-state index < -0.39 is 15.9 Å². The smallest absolute Gasteiger partial charge is 0.615 e. The summed E-state index contributed by atoms with van der Waals surface area (Å²) in [4.78, 5) is 4.61. The number of hydrogen-bond donors (Lipinski definition) is 0. The van der Waals surface area contributed by atoms with Crippen molar-refractivity contribution in [1.82, 2.24) is 4.98 Å². The zero-order valence-corrected chi connectivity index (χ0v) is 19.4. The maximum absolute atomic E-state index is 6.17. The van der Waals surface area contributed by atoms with E-state index in [4.69, 9.17) is 12.0 Å². The maximum atomic E-state index is 6.17. The van der Waals surface area contributed by atoms with E-state index in [1.807, 2.05) is 66.7 Å². The first-order valence-electron chi connectivity index (χ1n) is 11.0. The van der Waals surface area contributed by atoms with Gasteiger partial charge in [-0.15, -0.1) is 0 Å². The molecule has 0 fully saturated rings. The summed E-state index contributed by atoms with van der Waals surface area (Å²) in [6.45, 7) is 0. The van der Waals surface area contributed by atoms with Crippen molar-refractivity contribution < 1.29 is 12.0 Å². The monoisotopic (exact) mass is 456 g/mol. The van der Waals surface area contributed by atoms with E-state index in [2.05, 4.69) is 53.5 Å². The second-order valence-corrected chi connectivity index (χ2v) is 8.50. The molecule has 1 aromatic heterocycles. The van der Waals surface area contributed by atoms with Gasteiger partial charge in [-0.3, -0.25) is 0 Å². The van der Waals surface area contributed by atoms with Gasteiger partial charge in [0.25, 0.3) is 0 Å². The van der Waals surface area contributed by atoms with E-state index in [1.165, 1.54) is 11.1 Å². The summed E-state index contributed by atoms with van der Waals surface area (Å²) in [5.74, 6) is 2.03. The Hall–Kier alpha value is -4.04. The van der Waals surface area contributed by atoms with Crippen LogP contribution >= 0.6 is 0 Å². The lowest BCUT2D eigenvalue weighted by Crippen LogP contribution is -2.11. The third kappa shape index (κ3) is 3.93. The van der Waals surface area contributed by atoms with Crippen molar-refractivity contribution >= 4 is 37.8 Å². The molecule has 6 rings (SSSR count). The Morgan fingerprint density at radius 3 is 2.15 bits per heavy atom. The molecule has 0 unspecified atom stereocenters. The van der Waals surface area contributed by atoms with Gasteiger partial charge in [0.2, 0.25) is 5.89 Å². The highest BCUT2D eigenvalue weighted by Gasteiger charge is 2.16. The van der Waals surface area contributed by atoms with Crippen LogP contribution in [0.2, 0.25) is 0 Å². The van der Waals surface area contributed by atoms with E-state index >= 15 is 0 Å². The number of oxazole rings is 1. The van der Waals surface area contributed by atoms with Crippen LogP contribution in [0, 0.1) is 0 Å². The van der Waals surface area contributed by atoms with Crippen molar-refractivity contribution in [3.8, 4) is 34.1 Å². The van der Waals surface area contributed by atoms with Crippen LogP contribution in [0.15, 0.2) is 120 Å². The van der Waals surface area contributed by atoms with Crippen molar-refractivity contribution in [3.05, 3.63) is 115 Å². The largest absolute Gasteiger partial charge is 0.881 e. The molecule has 34 heavy (non-hydrogen) atoms. The van der Waals surface area contributed by atoms with Crippen LogP contribution in [0.25, 0.3) is 44.5 Å². The Kier molecular flexibility index (Phi) is 5.49. The quantitative estimate of drug-likeness (QED) is 0.247. The van der Waals surface area contributed by atoms with Crippen LogP contribution in [0.5, 0.6) is 11.5 Å². The molecule has 1 radical (unpaired) electrons. The molecule has 5 heteroatoms. The zero-order valence-electron chi connectivity index (χ0n) is 18.2. The molecule has 0 saturated carbocycles. The average Bonchev–Trinajstić information content (AvgIpc) is 3.33. The summed E-state index contributed by atoms with van der Waals surface area (Å²) < 4.78 is 18.2. The first-order chi connectivity index (χ1) is 16.9. The van der Waals surface area contributed by atoms with Crippen LogP contribution in [0.3, 0.4) is 0 Å². The number of benzene rings is 5. The van der Waals surface area contributed by atoms with Crippen LogP contribution in [0.1, 0.15) is 0 Å². The highest BCUT2D eigenvalue weighted by molar-refractivity contribution is 6.21. The van der Waals surface area contributed by atoms with Gasteiger partial charge < -0.3 is 12.0 Å². The molecular formula is C29H19AlNO3. The molecule has 5 aromatic carbocycles. The molecule has 0 aliphatic carbocycles. The number of nitrogens with zero attached hydrogens (tertiary/aromatic N) is 1. The van der Waals surface area contributed by atoms with Gasteiger partial charge in [-0.1, -0.05) is 84.9 Å². The molecule has 0 bridgehead atoms. The van der Waals surface area contributed by atoms with E-state index in [0.29, 0.717) is 11.6 Å². The fourth-order valence-electron chi connectivity index (χ4n) is 4.11. The summed E-state index contributed by atoms with van der Waals surface area (Å²) in [5.41, 5.74) is 4.74. The Labute approximate surface area is 203 Å². The molecule has 1 heterocycles. The lowest BCUT2D eigenvalue weighted by Gasteiger charge is -2.14. The first kappa shape index (κ1) is 20.6. The highest BCUT2D eigenvalue weighted by atomic mass is 27.2. The molecule has 0 amide bonds. The normalized spacial score (nSPS) is 10.9. The van der Waals surface area contributed by atoms with E-state index in [1.54, 1.807) is 0 Å². The minimum absolute atomic E-state index is 0.536. The SMILES string of the molecule is c1ccc(-c2cccc3c([O][Al][O]c4ccccc4-c4nc5ccccc5o4)cccc23)cc1. The van der Waals surface area contributed by atoms with Gasteiger partial charge in [-0.05, 0) is 46.8 Å². The molecule has 0 aliphatic heterocycles. The predicted molar refractivity (Wildman–Crippen MR) is 136 cm³/mol. The van der Waals surface area contributed by atoms with Crippen LogP contribution in [0.4, 0.5) is 0 Å². The van der Waals surface area contributed by atoms with Gasteiger partial charge in [-0.2, -0.15) is 0 Å². The fraction of sp³-hybridized carbons (Fsp3) is 0. The van der Waals surface area contributed by atoms with Crippen molar-refractivity contribution in [1.29, 1.82) is 0 Å². The lowest BCUT2D eigenvalue weighted by molar-refractivity contribution is 0.461. The third-order valence-electron chi connectivity index (χ3n) is 5.73. The number of rotatable bonds is 6. The number of aromatic nitrogens is 1. The van der Waals surface area contributed by atoms with Crippen molar-refractivity contribution in [3.63, 3.8) is 0 Å². The molecule has 0 saturated heterocycles. The summed E-state index contributed by atoms with van der Waals surface area (Å²) in [6, 6.07) is 38.3. The summed E-state index contributed by atoms with van der Waals surface area (Å²) >= 11 is -0.799. The lowest BCUT2D eigenvalue weighted by atomic mass is 9.98. The van der Waals surface area contributed by atoms with E-state index in [9.17, 15) is 0 Å². The number of hydrogen-bond acceptors (Lipinski definition) is 4. The van der Waals surface area contributed by atoms with Gasteiger partial charge in [0.15, 0.2) is 5.58 Å². The summed E-state index contributed by atoms with van der Waals surface area (Å²) in [6.07, 6.45) is 0. The summed E-state index contributed by atoms with van der Waals surface area (Å²) in [7, 11) is 0. The molecule has 4 nitrogen and oxygen atoms in total. The zero-order chi connectivity index (χ0) is 22.7.